The highest BCUT2D eigenvalue weighted by molar-refractivity contribution is 7.71. The van der Waals surface area contributed by atoms with Crippen molar-refractivity contribution in [2.45, 2.75) is 6.54 Å². The van der Waals surface area contributed by atoms with Crippen LogP contribution in [0.1, 0.15) is 5.56 Å². The maximum atomic E-state index is 13.7. The molecule has 0 amide bonds. The molecule has 0 unspecified atom stereocenters. The number of para-hydroxylation sites is 1. The molecule has 0 spiro atoms. The Hall–Kier alpha value is -1.65. The Morgan fingerprint density at radius 3 is 2.79 bits per heavy atom. The molecular weight excluding hydrogens is 283 g/mol. The van der Waals surface area contributed by atoms with Crippen LogP contribution in [-0.4, -0.2) is 9.55 Å². The number of H-pyrrole nitrogens is 1. The molecule has 1 N–H and O–H groups in total. The number of halogens is 2. The number of nitrogens with one attached hydrogen (secondary N) is 1. The number of rotatable bonds is 2. The van der Waals surface area contributed by atoms with E-state index in [1.54, 1.807) is 6.07 Å². The lowest BCUT2D eigenvalue weighted by Crippen LogP contribution is -1.99. The molecule has 5 heteroatoms. The second-order valence-electron chi connectivity index (χ2n) is 4.28. The molecule has 0 bridgehead atoms. The standard InChI is InChI=1S/C14H10ClFN2S/c15-10-4-1-3-9(7-10)8-18-12-6-2-5-11(16)13(12)17-14(18)19/h1-7H,8H2,(H,17,19). The minimum atomic E-state index is -0.298. The minimum absolute atomic E-state index is 0.298. The van der Waals surface area contributed by atoms with Crippen LogP contribution in [0, 0.1) is 10.6 Å². The predicted molar refractivity (Wildman–Crippen MR) is 77.6 cm³/mol. The summed E-state index contributed by atoms with van der Waals surface area (Å²) in [5.74, 6) is -0.298. The molecule has 0 aliphatic rings. The van der Waals surface area contributed by atoms with Crippen molar-refractivity contribution in [3.63, 3.8) is 0 Å². The SMILES string of the molecule is Fc1cccc2c1[nH]c(=S)n2Cc1cccc(Cl)c1. The number of aromatic amines is 1. The molecule has 96 valence electrons. The number of fused-ring (bicyclic) bond motifs is 1. The van der Waals surface area contributed by atoms with Crippen molar-refractivity contribution in [1.29, 1.82) is 0 Å². The van der Waals surface area contributed by atoms with Gasteiger partial charge in [0, 0.05) is 5.02 Å². The number of aromatic nitrogens is 2. The van der Waals surface area contributed by atoms with E-state index in [1.165, 1.54) is 6.07 Å². The third-order valence-electron chi connectivity index (χ3n) is 2.99. The van der Waals surface area contributed by atoms with Gasteiger partial charge in [0.2, 0.25) is 0 Å². The average Bonchev–Trinajstić information content (AvgIpc) is 2.69. The Labute approximate surface area is 119 Å². The van der Waals surface area contributed by atoms with Crippen LogP contribution < -0.4 is 0 Å². The number of hydrogen-bond acceptors (Lipinski definition) is 1. The molecule has 19 heavy (non-hydrogen) atoms. The topological polar surface area (TPSA) is 20.7 Å². The maximum absolute atomic E-state index is 13.7. The summed E-state index contributed by atoms with van der Waals surface area (Å²) >= 11 is 11.2. The van der Waals surface area contributed by atoms with Gasteiger partial charge in [-0.2, -0.15) is 0 Å². The summed E-state index contributed by atoms with van der Waals surface area (Å²) in [5.41, 5.74) is 2.22. The molecule has 0 aliphatic heterocycles. The molecule has 1 aromatic heterocycles. The van der Waals surface area contributed by atoms with E-state index in [4.69, 9.17) is 23.8 Å². The van der Waals surface area contributed by atoms with Crippen molar-refractivity contribution in [3.05, 3.63) is 63.6 Å². The fraction of sp³-hybridized carbons (Fsp3) is 0.0714. The van der Waals surface area contributed by atoms with Crippen LogP contribution in [0.4, 0.5) is 4.39 Å². The second-order valence-corrected chi connectivity index (χ2v) is 5.10. The lowest BCUT2D eigenvalue weighted by Gasteiger charge is -2.05. The summed E-state index contributed by atoms with van der Waals surface area (Å²) in [7, 11) is 0. The maximum Gasteiger partial charge on any atom is 0.178 e. The molecule has 2 nitrogen and oxygen atoms in total. The zero-order valence-corrected chi connectivity index (χ0v) is 11.4. The van der Waals surface area contributed by atoms with Gasteiger partial charge in [0.1, 0.15) is 11.3 Å². The number of imidazole rings is 1. The van der Waals surface area contributed by atoms with E-state index < -0.39 is 0 Å². The Morgan fingerprint density at radius 2 is 2.00 bits per heavy atom. The zero-order valence-electron chi connectivity index (χ0n) is 9.86. The van der Waals surface area contributed by atoms with E-state index >= 15 is 0 Å². The van der Waals surface area contributed by atoms with Gasteiger partial charge in [-0.05, 0) is 42.0 Å². The van der Waals surface area contributed by atoms with Gasteiger partial charge >= 0.3 is 0 Å². The minimum Gasteiger partial charge on any atom is -0.328 e. The molecule has 0 saturated carbocycles. The lowest BCUT2D eigenvalue weighted by molar-refractivity contribution is 0.637. The van der Waals surface area contributed by atoms with Crippen LogP contribution in [0.5, 0.6) is 0 Å². The summed E-state index contributed by atoms with van der Waals surface area (Å²) in [5, 5.41) is 0.676. The summed E-state index contributed by atoms with van der Waals surface area (Å²) in [6.07, 6.45) is 0. The van der Waals surface area contributed by atoms with Crippen molar-refractivity contribution in [3.8, 4) is 0 Å². The Morgan fingerprint density at radius 1 is 1.21 bits per heavy atom. The van der Waals surface area contributed by atoms with Crippen molar-refractivity contribution in [2.75, 3.05) is 0 Å². The van der Waals surface area contributed by atoms with Crippen LogP contribution in [0.2, 0.25) is 5.02 Å². The van der Waals surface area contributed by atoms with Gasteiger partial charge in [-0.1, -0.05) is 29.8 Å². The summed E-state index contributed by atoms with van der Waals surface area (Å²) in [6, 6.07) is 12.5. The first kappa shape index (κ1) is 12.4. The summed E-state index contributed by atoms with van der Waals surface area (Å²) in [6.45, 7) is 0.558. The van der Waals surface area contributed by atoms with Crippen molar-refractivity contribution < 1.29 is 4.39 Å². The average molecular weight is 293 g/mol. The Kier molecular flexibility index (Phi) is 3.12. The summed E-state index contributed by atoms with van der Waals surface area (Å²) < 4.78 is 16.0. The highest BCUT2D eigenvalue weighted by Gasteiger charge is 2.08. The predicted octanol–water partition coefficient (Wildman–Crippen LogP) is 4.54. The molecule has 1 heterocycles. The molecule has 0 fully saturated rings. The van der Waals surface area contributed by atoms with Crippen molar-refractivity contribution >= 4 is 34.9 Å². The molecule has 0 saturated heterocycles. The quantitative estimate of drug-likeness (QED) is 0.688. The molecule has 0 atom stereocenters. The van der Waals surface area contributed by atoms with Crippen LogP contribution >= 0.6 is 23.8 Å². The third-order valence-corrected chi connectivity index (χ3v) is 3.55. The highest BCUT2D eigenvalue weighted by atomic mass is 35.5. The van der Waals surface area contributed by atoms with Gasteiger partial charge in [-0.25, -0.2) is 4.39 Å². The molecule has 0 aliphatic carbocycles. The van der Waals surface area contributed by atoms with Crippen LogP contribution in [-0.2, 0) is 6.54 Å². The first-order valence-electron chi connectivity index (χ1n) is 5.76. The van der Waals surface area contributed by atoms with Gasteiger partial charge in [0.05, 0.1) is 12.1 Å². The zero-order chi connectivity index (χ0) is 13.4. The largest absolute Gasteiger partial charge is 0.328 e. The fourth-order valence-electron chi connectivity index (χ4n) is 2.12. The normalized spacial score (nSPS) is 11.1. The fourth-order valence-corrected chi connectivity index (χ4v) is 2.60. The molecule has 3 rings (SSSR count). The lowest BCUT2D eigenvalue weighted by atomic mass is 10.2. The number of benzene rings is 2. The summed E-state index contributed by atoms with van der Waals surface area (Å²) in [4.78, 5) is 2.90. The molecule has 0 radical (unpaired) electrons. The van der Waals surface area contributed by atoms with E-state index in [1.807, 2.05) is 34.9 Å². The van der Waals surface area contributed by atoms with Gasteiger partial charge in [-0.3, -0.25) is 0 Å². The second kappa shape index (κ2) is 4.79. The Bertz CT molecular complexity index is 807. The highest BCUT2D eigenvalue weighted by Crippen LogP contribution is 2.19. The smallest absolute Gasteiger partial charge is 0.178 e. The van der Waals surface area contributed by atoms with Crippen LogP contribution in [0.25, 0.3) is 11.0 Å². The third kappa shape index (κ3) is 2.29. The first-order valence-corrected chi connectivity index (χ1v) is 6.55. The molecule has 2 aromatic carbocycles. The number of nitrogens with zero attached hydrogens (tertiary/aromatic N) is 1. The first-order chi connectivity index (χ1) is 9.15. The van der Waals surface area contributed by atoms with Crippen LogP contribution in [0.3, 0.4) is 0 Å². The van der Waals surface area contributed by atoms with E-state index in [2.05, 4.69) is 4.98 Å². The molecular formula is C14H10ClFN2S. The van der Waals surface area contributed by atoms with Crippen molar-refractivity contribution in [1.82, 2.24) is 9.55 Å². The van der Waals surface area contributed by atoms with Crippen molar-refractivity contribution in [2.24, 2.45) is 0 Å². The van der Waals surface area contributed by atoms with Gasteiger partial charge < -0.3 is 9.55 Å². The van der Waals surface area contributed by atoms with E-state index in [0.717, 1.165) is 11.1 Å². The van der Waals surface area contributed by atoms with E-state index in [9.17, 15) is 4.39 Å². The van der Waals surface area contributed by atoms with Gasteiger partial charge in [0.15, 0.2) is 4.77 Å². The van der Waals surface area contributed by atoms with Gasteiger partial charge in [-0.15, -0.1) is 0 Å². The van der Waals surface area contributed by atoms with E-state index in [0.29, 0.717) is 21.9 Å². The van der Waals surface area contributed by atoms with E-state index in [-0.39, 0.29) is 5.82 Å². The monoisotopic (exact) mass is 292 g/mol. The van der Waals surface area contributed by atoms with Gasteiger partial charge in [0.25, 0.3) is 0 Å². The molecule has 3 aromatic rings. The number of hydrogen-bond donors (Lipinski definition) is 1. The Balaban J connectivity index is 2.13. The van der Waals surface area contributed by atoms with Crippen LogP contribution in [0.15, 0.2) is 42.5 Å².